The highest BCUT2D eigenvalue weighted by Gasteiger charge is 2.10. The average molecular weight is 280 g/mol. The molecule has 1 atom stereocenters. The van der Waals surface area contributed by atoms with E-state index in [9.17, 15) is 0 Å². The van der Waals surface area contributed by atoms with Crippen molar-refractivity contribution in [3.05, 3.63) is 64.1 Å². The van der Waals surface area contributed by atoms with Crippen LogP contribution in [0.3, 0.4) is 0 Å². The van der Waals surface area contributed by atoms with E-state index in [1.54, 1.807) is 6.07 Å². The van der Waals surface area contributed by atoms with Crippen molar-refractivity contribution >= 4 is 28.9 Å². The van der Waals surface area contributed by atoms with Crippen LogP contribution >= 0.6 is 23.2 Å². The van der Waals surface area contributed by atoms with E-state index >= 15 is 0 Å². The molecule has 2 aromatic rings. The van der Waals surface area contributed by atoms with Gasteiger partial charge < -0.3 is 5.32 Å². The third-order valence-corrected chi connectivity index (χ3v) is 3.42. The van der Waals surface area contributed by atoms with E-state index in [2.05, 4.69) is 24.4 Å². The summed E-state index contributed by atoms with van der Waals surface area (Å²) in [5.41, 5.74) is 2.17. The Labute approximate surface area is 118 Å². The Morgan fingerprint density at radius 3 is 2.39 bits per heavy atom. The van der Waals surface area contributed by atoms with Crippen molar-refractivity contribution in [2.45, 2.75) is 19.4 Å². The lowest BCUT2D eigenvalue weighted by Crippen LogP contribution is -2.09. The van der Waals surface area contributed by atoms with Crippen LogP contribution in [0.5, 0.6) is 0 Å². The molecule has 1 N–H and O–H groups in total. The maximum absolute atomic E-state index is 6.17. The van der Waals surface area contributed by atoms with Gasteiger partial charge in [0, 0.05) is 5.02 Å². The molecule has 0 bridgehead atoms. The molecule has 0 aromatic heterocycles. The molecule has 0 aliphatic rings. The molecule has 94 valence electrons. The molecule has 0 saturated carbocycles. The molecule has 0 heterocycles. The zero-order valence-electron chi connectivity index (χ0n) is 10.2. The highest BCUT2D eigenvalue weighted by atomic mass is 35.5. The molecule has 2 aromatic carbocycles. The van der Waals surface area contributed by atoms with Crippen molar-refractivity contribution in [2.24, 2.45) is 0 Å². The number of hydrogen-bond acceptors (Lipinski definition) is 1. The monoisotopic (exact) mass is 279 g/mol. The van der Waals surface area contributed by atoms with Crippen LogP contribution in [0.25, 0.3) is 0 Å². The Morgan fingerprint density at radius 2 is 1.78 bits per heavy atom. The zero-order chi connectivity index (χ0) is 13.0. The summed E-state index contributed by atoms with van der Waals surface area (Å²) >= 11 is 12.1. The van der Waals surface area contributed by atoms with Crippen molar-refractivity contribution in [2.75, 3.05) is 5.32 Å². The fourth-order valence-corrected chi connectivity index (χ4v) is 2.36. The minimum atomic E-state index is 0.255. The molecule has 0 aliphatic carbocycles. The van der Waals surface area contributed by atoms with E-state index in [0.29, 0.717) is 10.0 Å². The number of hydrogen-bond donors (Lipinski definition) is 1. The summed E-state index contributed by atoms with van der Waals surface area (Å²) in [6, 6.07) is 16.1. The van der Waals surface area contributed by atoms with Crippen LogP contribution in [0.1, 0.15) is 24.9 Å². The van der Waals surface area contributed by atoms with Crippen LogP contribution in [0.2, 0.25) is 10.0 Å². The number of nitrogens with one attached hydrogen (secondary N) is 1. The Balaban J connectivity index is 2.21. The summed E-state index contributed by atoms with van der Waals surface area (Å²) in [6.07, 6.45) is 0.989. The van der Waals surface area contributed by atoms with E-state index in [1.165, 1.54) is 5.56 Å². The number of halogens is 2. The van der Waals surface area contributed by atoms with Gasteiger partial charge in [-0.2, -0.15) is 0 Å². The largest absolute Gasteiger partial charge is 0.377 e. The normalized spacial score (nSPS) is 12.2. The second kappa shape index (κ2) is 6.12. The molecule has 18 heavy (non-hydrogen) atoms. The van der Waals surface area contributed by atoms with Crippen molar-refractivity contribution in [3.63, 3.8) is 0 Å². The minimum Gasteiger partial charge on any atom is -0.377 e. The van der Waals surface area contributed by atoms with Gasteiger partial charge >= 0.3 is 0 Å². The third kappa shape index (κ3) is 3.18. The first kappa shape index (κ1) is 13.3. The summed E-state index contributed by atoms with van der Waals surface area (Å²) < 4.78 is 0. The van der Waals surface area contributed by atoms with Gasteiger partial charge in [-0.1, -0.05) is 60.5 Å². The predicted octanol–water partition coefficient (Wildman–Crippen LogP) is 5.56. The fraction of sp³-hybridized carbons (Fsp3) is 0.200. The highest BCUT2D eigenvalue weighted by molar-refractivity contribution is 6.36. The Hall–Kier alpha value is -1.18. The molecule has 3 heteroatoms. The molecule has 0 saturated heterocycles. The predicted molar refractivity (Wildman–Crippen MR) is 79.6 cm³/mol. The Kier molecular flexibility index (Phi) is 4.51. The van der Waals surface area contributed by atoms with Gasteiger partial charge in [0.1, 0.15) is 0 Å². The lowest BCUT2D eigenvalue weighted by molar-refractivity contribution is 0.749. The summed E-state index contributed by atoms with van der Waals surface area (Å²) in [4.78, 5) is 0. The molecule has 0 radical (unpaired) electrons. The lowest BCUT2D eigenvalue weighted by Gasteiger charge is -2.19. The van der Waals surface area contributed by atoms with Gasteiger partial charge in [-0.25, -0.2) is 0 Å². The molecule has 0 spiro atoms. The minimum absolute atomic E-state index is 0.255. The van der Waals surface area contributed by atoms with Crippen molar-refractivity contribution < 1.29 is 0 Å². The van der Waals surface area contributed by atoms with E-state index in [-0.39, 0.29) is 6.04 Å². The average Bonchev–Trinajstić information content (AvgIpc) is 2.39. The standard InChI is InChI=1S/C15H15Cl2N/c1-2-14(11-6-4-3-5-7-11)18-15-9-8-12(16)10-13(15)17/h3-10,14,18H,2H2,1H3. The van der Waals surface area contributed by atoms with E-state index in [0.717, 1.165) is 12.1 Å². The summed E-state index contributed by atoms with van der Waals surface area (Å²) in [6.45, 7) is 2.15. The molecule has 1 unspecified atom stereocenters. The van der Waals surface area contributed by atoms with Gasteiger partial charge in [0.05, 0.1) is 16.8 Å². The zero-order valence-corrected chi connectivity index (χ0v) is 11.7. The van der Waals surface area contributed by atoms with E-state index < -0.39 is 0 Å². The molecule has 1 nitrogen and oxygen atoms in total. The lowest BCUT2D eigenvalue weighted by atomic mass is 10.0. The Morgan fingerprint density at radius 1 is 1.06 bits per heavy atom. The van der Waals surface area contributed by atoms with Gasteiger partial charge in [0.2, 0.25) is 0 Å². The van der Waals surface area contributed by atoms with Crippen molar-refractivity contribution in [3.8, 4) is 0 Å². The first-order chi connectivity index (χ1) is 8.70. The van der Waals surface area contributed by atoms with Gasteiger partial charge in [-0.15, -0.1) is 0 Å². The number of anilines is 1. The molecule has 2 rings (SSSR count). The quantitative estimate of drug-likeness (QED) is 0.773. The van der Waals surface area contributed by atoms with Crippen LogP contribution < -0.4 is 5.32 Å². The van der Waals surface area contributed by atoms with Gasteiger partial charge in [0.15, 0.2) is 0 Å². The molecular formula is C15H15Cl2N. The second-order valence-electron chi connectivity index (χ2n) is 4.14. The first-order valence-electron chi connectivity index (χ1n) is 5.97. The molecule has 0 amide bonds. The second-order valence-corrected chi connectivity index (χ2v) is 4.98. The Bertz CT molecular complexity index is 511. The van der Waals surface area contributed by atoms with Gasteiger partial charge in [0.25, 0.3) is 0 Å². The van der Waals surface area contributed by atoms with Crippen LogP contribution in [0.15, 0.2) is 48.5 Å². The SMILES string of the molecule is CCC(Nc1ccc(Cl)cc1Cl)c1ccccc1. The van der Waals surface area contributed by atoms with Crippen LogP contribution in [-0.2, 0) is 0 Å². The third-order valence-electron chi connectivity index (χ3n) is 2.87. The highest BCUT2D eigenvalue weighted by Crippen LogP contribution is 2.29. The number of rotatable bonds is 4. The summed E-state index contributed by atoms with van der Waals surface area (Å²) in [5.74, 6) is 0. The molecule has 0 fully saturated rings. The van der Waals surface area contributed by atoms with Crippen LogP contribution in [-0.4, -0.2) is 0 Å². The maximum Gasteiger partial charge on any atom is 0.0652 e. The van der Waals surface area contributed by atoms with Crippen molar-refractivity contribution in [1.29, 1.82) is 0 Å². The fourth-order valence-electron chi connectivity index (χ4n) is 1.90. The first-order valence-corrected chi connectivity index (χ1v) is 6.73. The number of benzene rings is 2. The van der Waals surface area contributed by atoms with Gasteiger partial charge in [-0.05, 0) is 30.2 Å². The summed E-state index contributed by atoms with van der Waals surface area (Å²) in [5, 5.41) is 4.75. The molecular weight excluding hydrogens is 265 g/mol. The van der Waals surface area contributed by atoms with E-state index in [4.69, 9.17) is 23.2 Å². The summed E-state index contributed by atoms with van der Waals surface area (Å²) in [7, 11) is 0. The van der Waals surface area contributed by atoms with E-state index in [1.807, 2.05) is 30.3 Å². The smallest absolute Gasteiger partial charge is 0.0652 e. The van der Waals surface area contributed by atoms with Crippen LogP contribution in [0.4, 0.5) is 5.69 Å². The topological polar surface area (TPSA) is 12.0 Å². The van der Waals surface area contributed by atoms with Crippen LogP contribution in [0, 0.1) is 0 Å². The molecule has 0 aliphatic heterocycles. The van der Waals surface area contributed by atoms with Crippen molar-refractivity contribution in [1.82, 2.24) is 0 Å². The maximum atomic E-state index is 6.17. The van der Waals surface area contributed by atoms with Gasteiger partial charge in [-0.3, -0.25) is 0 Å².